The van der Waals surface area contributed by atoms with Crippen molar-refractivity contribution in [2.45, 2.75) is 46.0 Å². The number of aryl methyl sites for hydroxylation is 1. The van der Waals surface area contributed by atoms with Gasteiger partial charge in [0.1, 0.15) is 0 Å². The summed E-state index contributed by atoms with van der Waals surface area (Å²) in [5.74, 6) is 0.397. The number of rotatable bonds is 2. The van der Waals surface area contributed by atoms with E-state index >= 15 is 0 Å². The van der Waals surface area contributed by atoms with E-state index < -0.39 is 0 Å². The Morgan fingerprint density at radius 2 is 1.94 bits per heavy atom. The van der Waals surface area contributed by atoms with Gasteiger partial charge in [-0.3, -0.25) is 0 Å². The van der Waals surface area contributed by atoms with Crippen LogP contribution in [0.2, 0.25) is 0 Å². The second kappa shape index (κ2) is 4.43. The number of benzene rings is 1. The smallest absolute Gasteiger partial charge is 0.0459 e. The lowest BCUT2D eigenvalue weighted by Crippen LogP contribution is -2.11. The number of hydrogen-bond acceptors (Lipinski definition) is 1. The summed E-state index contributed by atoms with van der Waals surface area (Å²) in [4.78, 5) is 3.47. The first-order chi connectivity index (χ1) is 8.34. The Hall–Kier alpha value is -1.28. The summed E-state index contributed by atoms with van der Waals surface area (Å²) in [5.41, 5.74) is 11.2. The lowest BCUT2D eigenvalue weighted by Gasteiger charge is -2.19. The molecule has 0 saturated heterocycles. The number of nitrogens with one attached hydrogen (secondary N) is 1. The Labute approximate surface area is 110 Å². The molecule has 2 heteroatoms. The monoisotopic (exact) mass is 244 g/mol. The molecular formula is C16H24N2. The molecule has 0 aliphatic heterocycles. The predicted molar refractivity (Wildman–Crippen MR) is 79.2 cm³/mol. The normalized spacial score (nSPS) is 14.1. The van der Waals surface area contributed by atoms with Crippen molar-refractivity contribution in [1.29, 1.82) is 0 Å². The number of H-pyrrole nitrogens is 1. The Balaban J connectivity index is 2.67. The summed E-state index contributed by atoms with van der Waals surface area (Å²) < 4.78 is 0. The molecule has 18 heavy (non-hydrogen) atoms. The van der Waals surface area contributed by atoms with Crippen molar-refractivity contribution in [2.75, 3.05) is 6.54 Å². The van der Waals surface area contributed by atoms with Gasteiger partial charge in [0, 0.05) is 16.6 Å². The summed E-state index contributed by atoms with van der Waals surface area (Å²) in [6, 6.07) is 6.73. The van der Waals surface area contributed by atoms with Crippen molar-refractivity contribution in [3.63, 3.8) is 0 Å². The fraction of sp³-hybridized carbons (Fsp3) is 0.500. The number of nitrogens with two attached hydrogens (primary N) is 1. The van der Waals surface area contributed by atoms with E-state index in [1.807, 2.05) is 0 Å². The van der Waals surface area contributed by atoms with Gasteiger partial charge >= 0.3 is 0 Å². The van der Waals surface area contributed by atoms with E-state index in [1.54, 1.807) is 0 Å². The van der Waals surface area contributed by atoms with Crippen LogP contribution in [0.5, 0.6) is 0 Å². The van der Waals surface area contributed by atoms with Crippen LogP contribution in [0.1, 0.15) is 50.4 Å². The minimum absolute atomic E-state index is 0.183. The molecule has 2 rings (SSSR count). The minimum Gasteiger partial charge on any atom is -0.358 e. The van der Waals surface area contributed by atoms with Crippen LogP contribution in [0.4, 0.5) is 0 Å². The molecule has 2 aromatic rings. The molecule has 1 aromatic carbocycles. The van der Waals surface area contributed by atoms with E-state index in [0.29, 0.717) is 12.5 Å². The van der Waals surface area contributed by atoms with Gasteiger partial charge in [-0.05, 0) is 48.1 Å². The molecule has 1 aromatic heterocycles. The quantitative estimate of drug-likeness (QED) is 0.828. The largest absolute Gasteiger partial charge is 0.358 e. The van der Waals surface area contributed by atoms with Gasteiger partial charge in [0.25, 0.3) is 0 Å². The summed E-state index contributed by atoms with van der Waals surface area (Å²) >= 11 is 0. The third-order valence-electron chi connectivity index (χ3n) is 3.75. The third kappa shape index (κ3) is 2.17. The highest BCUT2D eigenvalue weighted by Crippen LogP contribution is 2.32. The van der Waals surface area contributed by atoms with Crippen LogP contribution in [0.15, 0.2) is 18.2 Å². The van der Waals surface area contributed by atoms with Gasteiger partial charge in [0.15, 0.2) is 0 Å². The number of aromatic nitrogens is 1. The first kappa shape index (κ1) is 13.2. The van der Waals surface area contributed by atoms with Gasteiger partial charge < -0.3 is 10.7 Å². The zero-order valence-electron chi connectivity index (χ0n) is 12.1. The van der Waals surface area contributed by atoms with Gasteiger partial charge in [-0.15, -0.1) is 0 Å². The summed E-state index contributed by atoms with van der Waals surface area (Å²) in [5, 5.41) is 1.33. The first-order valence-electron chi connectivity index (χ1n) is 6.67. The molecule has 3 N–H and O–H groups in total. The minimum atomic E-state index is 0.183. The van der Waals surface area contributed by atoms with Crippen molar-refractivity contribution < 1.29 is 0 Å². The van der Waals surface area contributed by atoms with E-state index in [1.165, 1.54) is 27.7 Å². The van der Waals surface area contributed by atoms with Gasteiger partial charge in [-0.2, -0.15) is 0 Å². The fourth-order valence-corrected chi connectivity index (χ4v) is 2.57. The third-order valence-corrected chi connectivity index (χ3v) is 3.75. The van der Waals surface area contributed by atoms with Crippen molar-refractivity contribution in [3.8, 4) is 0 Å². The molecule has 1 atom stereocenters. The van der Waals surface area contributed by atoms with Crippen molar-refractivity contribution in [3.05, 3.63) is 35.0 Å². The summed E-state index contributed by atoms with van der Waals surface area (Å²) in [7, 11) is 0. The van der Waals surface area contributed by atoms with Crippen LogP contribution >= 0.6 is 0 Å². The lowest BCUT2D eigenvalue weighted by molar-refractivity contribution is 0.591. The maximum absolute atomic E-state index is 5.83. The Morgan fingerprint density at radius 1 is 1.28 bits per heavy atom. The molecular weight excluding hydrogens is 220 g/mol. The van der Waals surface area contributed by atoms with Crippen LogP contribution in [-0.2, 0) is 5.41 Å². The molecule has 0 amide bonds. The van der Waals surface area contributed by atoms with Crippen LogP contribution in [0, 0.1) is 6.92 Å². The van der Waals surface area contributed by atoms with E-state index in [-0.39, 0.29) is 5.41 Å². The maximum atomic E-state index is 5.83. The highest BCUT2D eigenvalue weighted by molar-refractivity contribution is 5.86. The SMILES string of the molecule is Cc1[nH]c2ccc(C(C)(C)C)cc2c1C(C)CN. The molecule has 2 nitrogen and oxygen atoms in total. The summed E-state index contributed by atoms with van der Waals surface area (Å²) in [6.07, 6.45) is 0. The lowest BCUT2D eigenvalue weighted by atomic mass is 9.85. The van der Waals surface area contributed by atoms with Crippen molar-refractivity contribution in [1.82, 2.24) is 4.98 Å². The fourth-order valence-electron chi connectivity index (χ4n) is 2.57. The zero-order chi connectivity index (χ0) is 13.5. The highest BCUT2D eigenvalue weighted by atomic mass is 14.7. The molecule has 0 radical (unpaired) electrons. The highest BCUT2D eigenvalue weighted by Gasteiger charge is 2.18. The molecule has 0 aliphatic carbocycles. The first-order valence-corrected chi connectivity index (χ1v) is 6.67. The summed E-state index contributed by atoms with van der Waals surface area (Å²) in [6.45, 7) is 11.8. The van der Waals surface area contributed by atoms with Crippen LogP contribution in [0.25, 0.3) is 10.9 Å². The molecule has 1 heterocycles. The molecule has 0 aliphatic rings. The Morgan fingerprint density at radius 3 is 2.50 bits per heavy atom. The average molecular weight is 244 g/mol. The standard InChI is InChI=1S/C16H24N2/c1-10(9-17)15-11(2)18-14-7-6-12(8-13(14)15)16(3,4)5/h6-8,10,18H,9,17H2,1-5H3. The second-order valence-corrected chi connectivity index (χ2v) is 6.31. The van der Waals surface area contributed by atoms with Crippen LogP contribution in [-0.4, -0.2) is 11.5 Å². The van der Waals surface area contributed by atoms with Gasteiger partial charge in [0.2, 0.25) is 0 Å². The van der Waals surface area contributed by atoms with E-state index in [9.17, 15) is 0 Å². The molecule has 98 valence electrons. The molecule has 0 bridgehead atoms. The topological polar surface area (TPSA) is 41.8 Å². The predicted octanol–water partition coefficient (Wildman–Crippen LogP) is 3.84. The second-order valence-electron chi connectivity index (χ2n) is 6.31. The molecule has 1 unspecified atom stereocenters. The van der Waals surface area contributed by atoms with E-state index in [2.05, 4.69) is 57.8 Å². The van der Waals surface area contributed by atoms with E-state index in [0.717, 1.165) is 0 Å². The van der Waals surface area contributed by atoms with Gasteiger partial charge in [0.05, 0.1) is 0 Å². The zero-order valence-corrected chi connectivity index (χ0v) is 12.1. The molecule has 0 fully saturated rings. The van der Waals surface area contributed by atoms with Crippen molar-refractivity contribution in [2.24, 2.45) is 5.73 Å². The van der Waals surface area contributed by atoms with Crippen LogP contribution < -0.4 is 5.73 Å². The van der Waals surface area contributed by atoms with Gasteiger partial charge in [-0.1, -0.05) is 33.8 Å². The Kier molecular flexibility index (Phi) is 3.24. The van der Waals surface area contributed by atoms with Gasteiger partial charge in [-0.25, -0.2) is 0 Å². The van der Waals surface area contributed by atoms with Crippen molar-refractivity contribution >= 4 is 10.9 Å². The average Bonchev–Trinajstić information content (AvgIpc) is 2.61. The Bertz CT molecular complexity index is 558. The number of aromatic amines is 1. The van der Waals surface area contributed by atoms with E-state index in [4.69, 9.17) is 5.73 Å². The van der Waals surface area contributed by atoms with Crippen LogP contribution in [0.3, 0.4) is 0 Å². The number of hydrogen-bond donors (Lipinski definition) is 2. The molecule has 0 spiro atoms. The number of fused-ring (bicyclic) bond motifs is 1. The maximum Gasteiger partial charge on any atom is 0.0459 e. The molecule has 0 saturated carbocycles.